The quantitative estimate of drug-likeness (QED) is 0.692. The Morgan fingerprint density at radius 2 is 2.00 bits per heavy atom. The predicted molar refractivity (Wildman–Crippen MR) is 71.8 cm³/mol. The van der Waals surface area contributed by atoms with E-state index in [1.54, 1.807) is 0 Å². The van der Waals surface area contributed by atoms with Gasteiger partial charge in [-0.05, 0) is 38.5 Å². The van der Waals surface area contributed by atoms with Crippen LogP contribution in [0.15, 0.2) is 0 Å². The lowest BCUT2D eigenvalue weighted by molar-refractivity contribution is -0.151. The molecule has 0 atom stereocenters. The predicted octanol–water partition coefficient (Wildman–Crippen LogP) is 1.81. The molecule has 1 aliphatic carbocycles. The van der Waals surface area contributed by atoms with Crippen molar-refractivity contribution in [1.82, 2.24) is 5.32 Å². The van der Waals surface area contributed by atoms with Crippen LogP contribution in [0.5, 0.6) is 0 Å². The van der Waals surface area contributed by atoms with Crippen LogP contribution in [0.4, 0.5) is 0 Å². The minimum atomic E-state index is -0.787. The number of ether oxygens (including phenoxy) is 1. The lowest BCUT2D eigenvalue weighted by Gasteiger charge is -2.35. The highest BCUT2D eigenvalue weighted by Gasteiger charge is 2.41. The Balaban J connectivity index is 2.42. The maximum absolute atomic E-state index is 11.6. The van der Waals surface area contributed by atoms with Gasteiger partial charge in [-0.15, -0.1) is 0 Å². The van der Waals surface area contributed by atoms with Crippen molar-refractivity contribution in [3.05, 3.63) is 0 Å². The molecule has 0 aromatic heterocycles. The van der Waals surface area contributed by atoms with Gasteiger partial charge in [-0.3, -0.25) is 9.59 Å². The van der Waals surface area contributed by atoms with Crippen molar-refractivity contribution in [2.45, 2.75) is 46.0 Å². The molecule has 1 aliphatic rings. The summed E-state index contributed by atoms with van der Waals surface area (Å²) in [6.45, 7) is 5.23. The zero-order valence-corrected chi connectivity index (χ0v) is 11.9. The number of amides is 1. The smallest absolute Gasteiger partial charge is 0.311 e. The number of hydrogen-bond acceptors (Lipinski definition) is 3. The van der Waals surface area contributed by atoms with Crippen LogP contribution in [-0.2, 0) is 14.3 Å². The van der Waals surface area contributed by atoms with E-state index in [0.29, 0.717) is 38.4 Å². The first-order chi connectivity index (χ1) is 9.00. The van der Waals surface area contributed by atoms with Gasteiger partial charge < -0.3 is 15.2 Å². The first-order valence-electron chi connectivity index (χ1n) is 7.08. The van der Waals surface area contributed by atoms with Crippen LogP contribution in [-0.4, -0.2) is 36.7 Å². The maximum Gasteiger partial charge on any atom is 0.311 e. The molecule has 1 saturated carbocycles. The third-order valence-corrected chi connectivity index (χ3v) is 3.99. The van der Waals surface area contributed by atoms with E-state index < -0.39 is 11.4 Å². The fourth-order valence-electron chi connectivity index (χ4n) is 2.45. The number of carbonyl (C=O) groups is 2. The van der Waals surface area contributed by atoms with Crippen LogP contribution < -0.4 is 5.32 Å². The molecule has 1 amide bonds. The van der Waals surface area contributed by atoms with Crippen LogP contribution in [0.3, 0.4) is 0 Å². The maximum atomic E-state index is 11.6. The molecular weight excluding hydrogens is 246 g/mol. The summed E-state index contributed by atoms with van der Waals surface area (Å²) in [7, 11) is 0. The largest absolute Gasteiger partial charge is 0.481 e. The van der Waals surface area contributed by atoms with Crippen LogP contribution in [0.25, 0.3) is 0 Å². The molecule has 0 spiro atoms. The number of carboxylic acid groups (broad SMARTS) is 1. The van der Waals surface area contributed by atoms with E-state index in [9.17, 15) is 14.7 Å². The Kier molecular flexibility index (Phi) is 6.28. The molecule has 0 aliphatic heterocycles. The summed E-state index contributed by atoms with van der Waals surface area (Å²) in [5, 5.41) is 12.2. The molecule has 0 radical (unpaired) electrons. The number of carbonyl (C=O) groups excluding carboxylic acids is 1. The molecule has 0 unspecified atom stereocenters. The van der Waals surface area contributed by atoms with Crippen molar-refractivity contribution in [2.75, 3.05) is 19.8 Å². The topological polar surface area (TPSA) is 75.6 Å². The van der Waals surface area contributed by atoms with Crippen molar-refractivity contribution in [3.63, 3.8) is 0 Å². The number of aliphatic carboxylic acids is 1. The minimum Gasteiger partial charge on any atom is -0.481 e. The zero-order valence-electron chi connectivity index (χ0n) is 11.9. The summed E-state index contributed by atoms with van der Waals surface area (Å²) >= 11 is 0. The van der Waals surface area contributed by atoms with Gasteiger partial charge in [0.15, 0.2) is 0 Å². The highest BCUT2D eigenvalue weighted by atomic mass is 16.5. The van der Waals surface area contributed by atoms with Gasteiger partial charge in [0.1, 0.15) is 0 Å². The first-order valence-corrected chi connectivity index (χ1v) is 7.08. The van der Waals surface area contributed by atoms with E-state index in [0.717, 1.165) is 12.8 Å². The Hall–Kier alpha value is -1.10. The first kappa shape index (κ1) is 16.0. The molecule has 5 heteroatoms. The lowest BCUT2D eigenvalue weighted by Crippen LogP contribution is -2.45. The Labute approximate surface area is 114 Å². The van der Waals surface area contributed by atoms with Crippen molar-refractivity contribution in [2.24, 2.45) is 11.3 Å². The molecule has 5 nitrogen and oxygen atoms in total. The third-order valence-electron chi connectivity index (χ3n) is 3.99. The highest BCUT2D eigenvalue weighted by Crippen LogP contribution is 2.38. The van der Waals surface area contributed by atoms with E-state index in [-0.39, 0.29) is 12.5 Å². The summed E-state index contributed by atoms with van der Waals surface area (Å²) in [5.74, 6) is -0.335. The number of rotatable bonds is 7. The van der Waals surface area contributed by atoms with Crippen LogP contribution >= 0.6 is 0 Å². The molecule has 110 valence electrons. The highest BCUT2D eigenvalue weighted by molar-refractivity contribution is 5.79. The minimum absolute atomic E-state index is 0.132. The average molecular weight is 271 g/mol. The second kappa shape index (κ2) is 7.48. The van der Waals surface area contributed by atoms with Crippen molar-refractivity contribution >= 4 is 11.9 Å². The average Bonchev–Trinajstić information content (AvgIpc) is 2.38. The van der Waals surface area contributed by atoms with Gasteiger partial charge in [0, 0.05) is 19.6 Å². The molecular formula is C14H25NO4. The van der Waals surface area contributed by atoms with Gasteiger partial charge in [0.25, 0.3) is 0 Å². The van der Waals surface area contributed by atoms with Gasteiger partial charge in [0.05, 0.1) is 12.0 Å². The number of nitrogens with one attached hydrogen (secondary N) is 1. The van der Waals surface area contributed by atoms with E-state index >= 15 is 0 Å². The van der Waals surface area contributed by atoms with Crippen molar-refractivity contribution in [1.29, 1.82) is 0 Å². The van der Waals surface area contributed by atoms with Crippen LogP contribution in [0, 0.1) is 11.3 Å². The standard InChI is InChI=1S/C14H25NO4/c1-3-19-9-6-12(16)15-10-14(13(17)18)7-4-11(2)5-8-14/h11H,3-10H2,1-2H3,(H,15,16)(H,17,18). The van der Waals surface area contributed by atoms with E-state index in [1.165, 1.54) is 0 Å². The molecule has 2 N–H and O–H groups in total. The van der Waals surface area contributed by atoms with Gasteiger partial charge in [-0.2, -0.15) is 0 Å². The van der Waals surface area contributed by atoms with Gasteiger partial charge in [0.2, 0.25) is 5.91 Å². The second-order valence-corrected chi connectivity index (χ2v) is 5.49. The molecule has 0 aromatic carbocycles. The van der Waals surface area contributed by atoms with Crippen LogP contribution in [0.1, 0.15) is 46.0 Å². The number of hydrogen-bond donors (Lipinski definition) is 2. The summed E-state index contributed by atoms with van der Waals surface area (Å²) < 4.78 is 5.11. The van der Waals surface area contributed by atoms with Gasteiger partial charge in [-0.25, -0.2) is 0 Å². The van der Waals surface area contributed by atoms with Crippen molar-refractivity contribution < 1.29 is 19.4 Å². The Morgan fingerprint density at radius 3 is 2.53 bits per heavy atom. The molecule has 0 saturated heterocycles. The Bertz CT molecular complexity index is 309. The number of carboxylic acids is 1. The van der Waals surface area contributed by atoms with Gasteiger partial charge in [-0.1, -0.05) is 6.92 Å². The van der Waals surface area contributed by atoms with E-state index in [4.69, 9.17) is 4.74 Å². The molecule has 19 heavy (non-hydrogen) atoms. The fraction of sp³-hybridized carbons (Fsp3) is 0.857. The molecule has 1 rings (SSSR count). The van der Waals surface area contributed by atoms with Crippen LogP contribution in [0.2, 0.25) is 0 Å². The zero-order chi connectivity index (χ0) is 14.3. The fourth-order valence-corrected chi connectivity index (χ4v) is 2.45. The summed E-state index contributed by atoms with van der Waals surface area (Å²) in [6.07, 6.45) is 3.42. The van der Waals surface area contributed by atoms with E-state index in [1.807, 2.05) is 6.92 Å². The molecule has 1 fully saturated rings. The third kappa shape index (κ3) is 4.82. The second-order valence-electron chi connectivity index (χ2n) is 5.49. The Morgan fingerprint density at radius 1 is 1.37 bits per heavy atom. The van der Waals surface area contributed by atoms with Gasteiger partial charge >= 0.3 is 5.97 Å². The summed E-state index contributed by atoms with van der Waals surface area (Å²) in [4.78, 5) is 23.1. The normalized spacial score (nSPS) is 26.9. The molecule has 0 aromatic rings. The SMILES string of the molecule is CCOCCC(=O)NCC1(C(=O)O)CCC(C)CC1. The van der Waals surface area contributed by atoms with Crippen molar-refractivity contribution in [3.8, 4) is 0 Å². The van der Waals surface area contributed by atoms with E-state index in [2.05, 4.69) is 12.2 Å². The molecule has 0 heterocycles. The summed E-state index contributed by atoms with van der Waals surface area (Å²) in [6, 6.07) is 0. The molecule has 0 bridgehead atoms. The lowest BCUT2D eigenvalue weighted by atomic mass is 9.71. The monoisotopic (exact) mass is 271 g/mol. The summed E-state index contributed by atoms with van der Waals surface area (Å²) in [5.41, 5.74) is -0.770.